The second-order valence-corrected chi connectivity index (χ2v) is 12.3. The van der Waals surface area contributed by atoms with Gasteiger partial charge in [-0.1, -0.05) is 107 Å². The van der Waals surface area contributed by atoms with E-state index in [9.17, 15) is 0 Å². The molecule has 6 aromatic rings. The SMILES string of the molecule is CC1(C)c2ccccc2-c2ccc(N(c3ccccc3)c3cc4c5c(ccc6cccc(c65)C4(C)C)c3)cc21. The molecule has 6 aromatic carbocycles. The van der Waals surface area contributed by atoms with Crippen LogP contribution < -0.4 is 4.90 Å². The summed E-state index contributed by atoms with van der Waals surface area (Å²) in [4.78, 5) is 2.44. The molecule has 0 spiro atoms. The van der Waals surface area contributed by atoms with Gasteiger partial charge >= 0.3 is 0 Å². The Morgan fingerprint density at radius 2 is 1.05 bits per heavy atom. The van der Waals surface area contributed by atoms with E-state index in [1.807, 2.05) is 0 Å². The number of rotatable bonds is 3. The summed E-state index contributed by atoms with van der Waals surface area (Å²) in [6, 6.07) is 43.0. The van der Waals surface area contributed by atoms with E-state index >= 15 is 0 Å². The Morgan fingerprint density at radius 1 is 0.410 bits per heavy atom. The Balaban J connectivity index is 1.38. The number of nitrogens with zero attached hydrogens (tertiary/aromatic N) is 1. The van der Waals surface area contributed by atoms with Crippen molar-refractivity contribution in [1.29, 1.82) is 0 Å². The van der Waals surface area contributed by atoms with Crippen LogP contribution in [-0.4, -0.2) is 0 Å². The minimum atomic E-state index is -0.0542. The van der Waals surface area contributed by atoms with E-state index < -0.39 is 0 Å². The molecule has 188 valence electrons. The minimum Gasteiger partial charge on any atom is -0.310 e. The van der Waals surface area contributed by atoms with Gasteiger partial charge in [-0.2, -0.15) is 0 Å². The number of fused-ring (bicyclic) bond motifs is 3. The zero-order valence-electron chi connectivity index (χ0n) is 22.9. The molecule has 1 nitrogen and oxygen atoms in total. The summed E-state index contributed by atoms with van der Waals surface area (Å²) in [5, 5.41) is 5.48. The zero-order chi connectivity index (χ0) is 26.5. The highest BCUT2D eigenvalue weighted by Gasteiger charge is 2.37. The van der Waals surface area contributed by atoms with Crippen LogP contribution in [0.4, 0.5) is 17.1 Å². The van der Waals surface area contributed by atoms with Crippen LogP contribution in [0.3, 0.4) is 0 Å². The predicted molar refractivity (Wildman–Crippen MR) is 166 cm³/mol. The lowest BCUT2D eigenvalue weighted by Gasteiger charge is -2.30. The first-order valence-corrected chi connectivity index (χ1v) is 14.0. The molecule has 8 rings (SSSR count). The maximum absolute atomic E-state index is 2.45. The van der Waals surface area contributed by atoms with Crippen molar-refractivity contribution in [3.63, 3.8) is 0 Å². The van der Waals surface area contributed by atoms with Crippen LogP contribution in [-0.2, 0) is 10.8 Å². The Kier molecular flexibility index (Phi) is 4.41. The smallest absolute Gasteiger partial charge is 0.0471 e. The summed E-state index contributed by atoms with van der Waals surface area (Å²) in [6.07, 6.45) is 0. The number of benzene rings is 6. The molecule has 0 fully saturated rings. The lowest BCUT2D eigenvalue weighted by Crippen LogP contribution is -2.18. The van der Waals surface area contributed by atoms with Gasteiger partial charge in [0.2, 0.25) is 0 Å². The van der Waals surface area contributed by atoms with Crippen molar-refractivity contribution in [1.82, 2.24) is 0 Å². The van der Waals surface area contributed by atoms with Crippen LogP contribution in [0.5, 0.6) is 0 Å². The minimum absolute atomic E-state index is 0.0446. The van der Waals surface area contributed by atoms with Gasteiger partial charge in [0.1, 0.15) is 0 Å². The summed E-state index contributed by atoms with van der Waals surface area (Å²) in [6.45, 7) is 9.47. The van der Waals surface area contributed by atoms with E-state index in [4.69, 9.17) is 0 Å². The maximum atomic E-state index is 2.45. The summed E-state index contributed by atoms with van der Waals surface area (Å²) >= 11 is 0. The molecule has 0 aromatic heterocycles. The van der Waals surface area contributed by atoms with Crippen molar-refractivity contribution >= 4 is 38.6 Å². The van der Waals surface area contributed by atoms with Crippen molar-refractivity contribution in [2.75, 3.05) is 4.90 Å². The molecule has 0 atom stereocenters. The third-order valence-corrected chi connectivity index (χ3v) is 9.39. The zero-order valence-corrected chi connectivity index (χ0v) is 22.9. The predicted octanol–water partition coefficient (Wildman–Crippen LogP) is 10.4. The van der Waals surface area contributed by atoms with E-state index in [-0.39, 0.29) is 10.8 Å². The summed E-state index contributed by atoms with van der Waals surface area (Å²) in [5.41, 5.74) is 11.8. The van der Waals surface area contributed by atoms with Crippen molar-refractivity contribution in [3.8, 4) is 11.1 Å². The third-order valence-electron chi connectivity index (χ3n) is 9.39. The summed E-state index contributed by atoms with van der Waals surface area (Å²) in [7, 11) is 0. The average molecular weight is 502 g/mol. The van der Waals surface area contributed by atoms with Crippen LogP contribution in [0.25, 0.3) is 32.7 Å². The Bertz CT molecular complexity index is 1960. The van der Waals surface area contributed by atoms with Crippen LogP contribution >= 0.6 is 0 Å². The lowest BCUT2D eigenvalue weighted by atomic mass is 9.81. The number of para-hydroxylation sites is 1. The molecule has 0 unspecified atom stereocenters. The Morgan fingerprint density at radius 3 is 1.90 bits per heavy atom. The lowest BCUT2D eigenvalue weighted by molar-refractivity contribution is 0.660. The molecule has 0 saturated carbocycles. The van der Waals surface area contributed by atoms with Crippen molar-refractivity contribution in [2.24, 2.45) is 0 Å². The number of hydrogen-bond acceptors (Lipinski definition) is 1. The molecule has 0 heterocycles. The fourth-order valence-electron chi connectivity index (χ4n) is 7.37. The van der Waals surface area contributed by atoms with Gasteiger partial charge in [0.15, 0.2) is 0 Å². The van der Waals surface area contributed by atoms with E-state index in [1.54, 1.807) is 0 Å². The molecule has 1 heteroatoms. The van der Waals surface area contributed by atoms with Crippen LogP contribution in [0, 0.1) is 0 Å². The Hall–Kier alpha value is -4.36. The molecule has 2 aliphatic rings. The quantitative estimate of drug-likeness (QED) is 0.218. The van der Waals surface area contributed by atoms with Gasteiger partial charge < -0.3 is 4.90 Å². The van der Waals surface area contributed by atoms with Crippen LogP contribution in [0.2, 0.25) is 0 Å². The van der Waals surface area contributed by atoms with Gasteiger partial charge in [0.25, 0.3) is 0 Å². The average Bonchev–Trinajstić information content (AvgIpc) is 3.33. The molecule has 2 aliphatic carbocycles. The summed E-state index contributed by atoms with van der Waals surface area (Å²) < 4.78 is 0. The van der Waals surface area contributed by atoms with Gasteiger partial charge in [-0.3, -0.25) is 0 Å². The topological polar surface area (TPSA) is 3.24 Å². The molecule has 39 heavy (non-hydrogen) atoms. The molecule has 0 radical (unpaired) electrons. The van der Waals surface area contributed by atoms with Gasteiger partial charge in [-0.25, -0.2) is 0 Å². The molecule has 0 saturated heterocycles. The van der Waals surface area contributed by atoms with Gasteiger partial charge in [-0.15, -0.1) is 0 Å². The van der Waals surface area contributed by atoms with E-state index in [1.165, 1.54) is 72.0 Å². The standard InChI is InChI=1S/C38H31N/c1-37(2)31-15-9-8-14-29(31)30-20-19-27(22-33(30)37)39(26-12-6-5-7-13-26)28-21-25-18-17-24-11-10-16-32-35(24)36(25)34(23-28)38(32,3)4/h5-23H,1-4H3. The normalized spacial score (nSPS) is 15.6. The maximum Gasteiger partial charge on any atom is 0.0471 e. The van der Waals surface area contributed by atoms with Crippen molar-refractivity contribution < 1.29 is 0 Å². The van der Waals surface area contributed by atoms with Gasteiger partial charge in [0.05, 0.1) is 0 Å². The van der Waals surface area contributed by atoms with E-state index in [0.717, 1.165) is 0 Å². The van der Waals surface area contributed by atoms with Crippen molar-refractivity contribution in [2.45, 2.75) is 38.5 Å². The third kappa shape index (κ3) is 2.96. The largest absolute Gasteiger partial charge is 0.310 e. The van der Waals surface area contributed by atoms with Crippen LogP contribution in [0.1, 0.15) is 49.9 Å². The number of hydrogen-bond donors (Lipinski definition) is 0. The molecular formula is C38H31N. The van der Waals surface area contributed by atoms with Crippen LogP contribution in [0.15, 0.2) is 115 Å². The Labute approximate surface area is 230 Å². The molecule has 0 aliphatic heterocycles. The molecular weight excluding hydrogens is 470 g/mol. The first kappa shape index (κ1) is 22.6. The van der Waals surface area contributed by atoms with E-state index in [2.05, 4.69) is 148 Å². The molecule has 0 N–H and O–H groups in total. The highest BCUT2D eigenvalue weighted by Crippen LogP contribution is 2.53. The molecule has 0 amide bonds. The fourth-order valence-corrected chi connectivity index (χ4v) is 7.37. The fraction of sp³-hybridized carbons (Fsp3) is 0.158. The first-order chi connectivity index (χ1) is 18.9. The van der Waals surface area contributed by atoms with E-state index in [0.29, 0.717) is 0 Å². The number of anilines is 3. The monoisotopic (exact) mass is 501 g/mol. The molecule has 0 bridgehead atoms. The second kappa shape index (κ2) is 7.61. The highest BCUT2D eigenvalue weighted by atomic mass is 15.1. The second-order valence-electron chi connectivity index (χ2n) is 12.3. The first-order valence-electron chi connectivity index (χ1n) is 14.0. The van der Waals surface area contributed by atoms with Gasteiger partial charge in [-0.05, 0) is 91.3 Å². The summed E-state index contributed by atoms with van der Waals surface area (Å²) in [5.74, 6) is 0. The van der Waals surface area contributed by atoms with Crippen molar-refractivity contribution in [3.05, 3.63) is 138 Å². The highest BCUT2D eigenvalue weighted by molar-refractivity contribution is 6.15. The van der Waals surface area contributed by atoms with Gasteiger partial charge in [0, 0.05) is 27.9 Å².